The molecule has 1 amide bonds. The number of carbonyl (C=O) groups is 1. The minimum absolute atomic E-state index is 0.0965. The van der Waals surface area contributed by atoms with Gasteiger partial charge in [-0.05, 0) is 32.0 Å². The fourth-order valence-corrected chi connectivity index (χ4v) is 2.90. The molecule has 1 aliphatic rings. The molecule has 6 heteroatoms. The summed E-state index contributed by atoms with van der Waals surface area (Å²) in [5, 5.41) is 9.14. The van der Waals surface area contributed by atoms with Gasteiger partial charge >= 0.3 is 0 Å². The van der Waals surface area contributed by atoms with Crippen LogP contribution in [0.25, 0.3) is 11.0 Å². The Morgan fingerprint density at radius 3 is 2.91 bits per heavy atom. The van der Waals surface area contributed by atoms with Crippen molar-refractivity contribution in [3.8, 4) is 0 Å². The molecule has 0 spiro atoms. The average Bonchev–Trinajstić information content (AvgIpc) is 3.09. The smallest absolute Gasteiger partial charge is 0.290 e. The van der Waals surface area contributed by atoms with Crippen molar-refractivity contribution in [3.05, 3.63) is 47.2 Å². The van der Waals surface area contributed by atoms with Crippen LogP contribution in [0.5, 0.6) is 0 Å². The maximum atomic E-state index is 12.6. The van der Waals surface area contributed by atoms with Crippen LogP contribution >= 0.6 is 0 Å². The first-order valence-electron chi connectivity index (χ1n) is 7.30. The zero-order chi connectivity index (χ0) is 15.3. The molecule has 6 nitrogen and oxygen atoms in total. The van der Waals surface area contributed by atoms with Crippen molar-refractivity contribution in [1.82, 2.24) is 19.7 Å². The van der Waals surface area contributed by atoms with Crippen molar-refractivity contribution in [3.63, 3.8) is 0 Å². The van der Waals surface area contributed by atoms with E-state index >= 15 is 0 Å². The fourth-order valence-electron chi connectivity index (χ4n) is 2.90. The molecule has 22 heavy (non-hydrogen) atoms. The lowest BCUT2D eigenvalue weighted by Gasteiger charge is -2.26. The predicted octanol–water partition coefficient (Wildman–Crippen LogP) is 2.30. The number of furan rings is 1. The predicted molar refractivity (Wildman–Crippen MR) is 80.5 cm³/mol. The standard InChI is InChI=1S/C16H16N4O2/c1-10-3-4-13-12(7-10)8-14(22-13)16(21)19-5-6-20-11(2)17-18-15(20)9-19/h3-4,7-8H,5-6,9H2,1-2H3. The van der Waals surface area contributed by atoms with Crippen LogP contribution in [0.15, 0.2) is 28.7 Å². The summed E-state index contributed by atoms with van der Waals surface area (Å²) in [5.74, 6) is 2.00. The van der Waals surface area contributed by atoms with E-state index in [4.69, 9.17) is 4.42 Å². The summed E-state index contributed by atoms with van der Waals surface area (Å²) >= 11 is 0. The summed E-state index contributed by atoms with van der Waals surface area (Å²) in [5.41, 5.74) is 1.89. The lowest BCUT2D eigenvalue weighted by molar-refractivity contribution is 0.0676. The Morgan fingerprint density at radius 2 is 2.05 bits per heavy atom. The largest absolute Gasteiger partial charge is 0.451 e. The molecular weight excluding hydrogens is 280 g/mol. The van der Waals surface area contributed by atoms with Crippen molar-refractivity contribution in [2.24, 2.45) is 0 Å². The number of nitrogens with zero attached hydrogens (tertiary/aromatic N) is 4. The van der Waals surface area contributed by atoms with Crippen LogP contribution in [-0.4, -0.2) is 32.1 Å². The zero-order valence-corrected chi connectivity index (χ0v) is 12.5. The number of aromatic nitrogens is 3. The molecule has 0 atom stereocenters. The number of amides is 1. The van der Waals surface area contributed by atoms with Crippen LogP contribution in [0.3, 0.4) is 0 Å². The van der Waals surface area contributed by atoms with Crippen molar-refractivity contribution < 1.29 is 9.21 Å². The number of hydrogen-bond acceptors (Lipinski definition) is 4. The first-order valence-corrected chi connectivity index (χ1v) is 7.30. The average molecular weight is 296 g/mol. The molecule has 0 unspecified atom stereocenters. The quantitative estimate of drug-likeness (QED) is 0.691. The van der Waals surface area contributed by atoms with E-state index in [1.165, 1.54) is 0 Å². The molecule has 3 heterocycles. The Kier molecular flexibility index (Phi) is 2.79. The molecule has 2 aromatic heterocycles. The third-order valence-corrected chi connectivity index (χ3v) is 4.11. The third kappa shape index (κ3) is 1.99. The van der Waals surface area contributed by atoms with Crippen LogP contribution in [0, 0.1) is 13.8 Å². The van der Waals surface area contributed by atoms with Gasteiger partial charge in [0.1, 0.15) is 11.4 Å². The van der Waals surface area contributed by atoms with Crippen LogP contribution in [0.1, 0.15) is 27.8 Å². The molecule has 0 aliphatic carbocycles. The van der Waals surface area contributed by atoms with Crippen LogP contribution < -0.4 is 0 Å². The molecule has 0 fully saturated rings. The number of aryl methyl sites for hydroxylation is 2. The van der Waals surface area contributed by atoms with E-state index < -0.39 is 0 Å². The van der Waals surface area contributed by atoms with Crippen molar-refractivity contribution in [1.29, 1.82) is 0 Å². The van der Waals surface area contributed by atoms with E-state index in [1.54, 1.807) is 4.90 Å². The summed E-state index contributed by atoms with van der Waals surface area (Å²) in [6.07, 6.45) is 0. The summed E-state index contributed by atoms with van der Waals surface area (Å²) < 4.78 is 7.74. The summed E-state index contributed by atoms with van der Waals surface area (Å²) in [6, 6.07) is 7.71. The number of rotatable bonds is 1. The van der Waals surface area contributed by atoms with Gasteiger partial charge in [0, 0.05) is 18.5 Å². The highest BCUT2D eigenvalue weighted by atomic mass is 16.3. The van der Waals surface area contributed by atoms with Gasteiger partial charge in [-0.15, -0.1) is 10.2 Å². The van der Waals surface area contributed by atoms with Gasteiger partial charge in [0.15, 0.2) is 11.6 Å². The molecule has 0 saturated carbocycles. The summed E-state index contributed by atoms with van der Waals surface area (Å²) in [6.45, 7) is 5.78. The lowest BCUT2D eigenvalue weighted by atomic mass is 10.2. The molecule has 4 rings (SSSR count). The zero-order valence-electron chi connectivity index (χ0n) is 12.5. The van der Waals surface area contributed by atoms with Crippen LogP contribution in [0.2, 0.25) is 0 Å². The van der Waals surface area contributed by atoms with Crippen molar-refractivity contribution in [2.45, 2.75) is 26.9 Å². The van der Waals surface area contributed by atoms with E-state index in [0.29, 0.717) is 18.8 Å². The fraction of sp³-hybridized carbons (Fsp3) is 0.312. The number of hydrogen-bond donors (Lipinski definition) is 0. The third-order valence-electron chi connectivity index (χ3n) is 4.11. The topological polar surface area (TPSA) is 64.2 Å². The van der Waals surface area contributed by atoms with Gasteiger partial charge in [-0.1, -0.05) is 11.6 Å². The Balaban J connectivity index is 1.63. The number of fused-ring (bicyclic) bond motifs is 2. The monoisotopic (exact) mass is 296 g/mol. The van der Waals surface area contributed by atoms with E-state index in [0.717, 1.165) is 34.7 Å². The second-order valence-corrected chi connectivity index (χ2v) is 5.69. The maximum Gasteiger partial charge on any atom is 0.290 e. The minimum Gasteiger partial charge on any atom is -0.451 e. The van der Waals surface area contributed by atoms with Gasteiger partial charge < -0.3 is 13.9 Å². The molecule has 1 aliphatic heterocycles. The molecule has 3 aromatic rings. The lowest BCUT2D eigenvalue weighted by Crippen LogP contribution is -2.38. The Hall–Kier alpha value is -2.63. The SMILES string of the molecule is Cc1ccc2oc(C(=O)N3CCn4c(C)nnc4C3)cc2c1. The summed E-state index contributed by atoms with van der Waals surface area (Å²) in [4.78, 5) is 14.4. The van der Waals surface area contributed by atoms with E-state index in [1.807, 2.05) is 42.7 Å². The first kappa shape index (κ1) is 13.1. The van der Waals surface area contributed by atoms with Crippen molar-refractivity contribution >= 4 is 16.9 Å². The van der Waals surface area contributed by atoms with Crippen LogP contribution in [-0.2, 0) is 13.1 Å². The molecule has 0 N–H and O–H groups in total. The highest BCUT2D eigenvalue weighted by molar-refractivity contribution is 5.96. The van der Waals surface area contributed by atoms with Gasteiger partial charge in [0.2, 0.25) is 0 Å². The highest BCUT2D eigenvalue weighted by Gasteiger charge is 2.26. The molecular formula is C16H16N4O2. The Labute approximate surface area is 127 Å². The molecule has 0 bridgehead atoms. The second-order valence-electron chi connectivity index (χ2n) is 5.69. The van der Waals surface area contributed by atoms with E-state index in [9.17, 15) is 4.79 Å². The van der Waals surface area contributed by atoms with Gasteiger partial charge in [0.05, 0.1) is 6.54 Å². The van der Waals surface area contributed by atoms with Gasteiger partial charge in [-0.3, -0.25) is 4.79 Å². The van der Waals surface area contributed by atoms with Gasteiger partial charge in [-0.25, -0.2) is 0 Å². The van der Waals surface area contributed by atoms with E-state index in [2.05, 4.69) is 10.2 Å². The van der Waals surface area contributed by atoms with Gasteiger partial charge in [0.25, 0.3) is 5.91 Å². The summed E-state index contributed by atoms with van der Waals surface area (Å²) in [7, 11) is 0. The number of benzene rings is 1. The molecule has 0 saturated heterocycles. The first-order chi connectivity index (χ1) is 10.6. The molecule has 112 valence electrons. The van der Waals surface area contributed by atoms with E-state index in [-0.39, 0.29) is 5.91 Å². The van der Waals surface area contributed by atoms with Crippen molar-refractivity contribution in [2.75, 3.05) is 6.54 Å². The second kappa shape index (κ2) is 4.69. The maximum absolute atomic E-state index is 12.6. The normalized spacial score (nSPS) is 14.4. The molecule has 0 radical (unpaired) electrons. The van der Waals surface area contributed by atoms with Gasteiger partial charge in [-0.2, -0.15) is 0 Å². The minimum atomic E-state index is -0.0965. The number of carbonyl (C=O) groups excluding carboxylic acids is 1. The highest BCUT2D eigenvalue weighted by Crippen LogP contribution is 2.23. The Bertz CT molecular complexity index is 878. The van der Waals surface area contributed by atoms with Crippen LogP contribution in [0.4, 0.5) is 0 Å². The molecule has 1 aromatic carbocycles. The Morgan fingerprint density at radius 1 is 1.18 bits per heavy atom.